The molecule has 1 unspecified atom stereocenters. The number of aryl methyl sites for hydroxylation is 1. The van der Waals surface area contributed by atoms with Gasteiger partial charge in [-0.3, -0.25) is 0 Å². The van der Waals surface area contributed by atoms with Gasteiger partial charge >= 0.3 is 0 Å². The predicted molar refractivity (Wildman–Crippen MR) is 90.1 cm³/mol. The van der Waals surface area contributed by atoms with Gasteiger partial charge in [0.25, 0.3) is 0 Å². The maximum atomic E-state index is 9.51. The van der Waals surface area contributed by atoms with Crippen molar-refractivity contribution in [1.29, 1.82) is 0 Å². The highest BCUT2D eigenvalue weighted by atomic mass is 16.7. The molecule has 7 nitrogen and oxygen atoms in total. The van der Waals surface area contributed by atoms with Crippen LogP contribution in [-0.2, 0) is 0 Å². The van der Waals surface area contributed by atoms with E-state index in [1.54, 1.807) is 0 Å². The fraction of sp³-hybridized carbons (Fsp3) is 0.412. The number of aliphatic hydroxyl groups excluding tert-OH is 1. The zero-order chi connectivity index (χ0) is 16.5. The Bertz CT molecular complexity index is 753. The second-order valence-electron chi connectivity index (χ2n) is 6.07. The number of rotatable bonds is 4. The van der Waals surface area contributed by atoms with Gasteiger partial charge in [0.2, 0.25) is 12.7 Å². The number of anilines is 3. The van der Waals surface area contributed by atoms with Crippen molar-refractivity contribution in [3.63, 3.8) is 0 Å². The zero-order valence-corrected chi connectivity index (χ0v) is 13.5. The summed E-state index contributed by atoms with van der Waals surface area (Å²) in [5.41, 5.74) is 1.84. The van der Waals surface area contributed by atoms with Crippen LogP contribution in [0.15, 0.2) is 24.4 Å². The molecule has 24 heavy (non-hydrogen) atoms. The third-order valence-corrected chi connectivity index (χ3v) is 4.44. The number of nitrogens with zero attached hydrogens (tertiary/aromatic N) is 3. The molecule has 7 heteroatoms. The van der Waals surface area contributed by atoms with Crippen molar-refractivity contribution < 1.29 is 14.6 Å². The highest BCUT2D eigenvalue weighted by Gasteiger charge is 2.26. The van der Waals surface area contributed by atoms with Crippen LogP contribution in [0.4, 0.5) is 17.5 Å². The lowest BCUT2D eigenvalue weighted by molar-refractivity contribution is 0.174. The standard InChI is InChI=1S/C17H20N4O3/c1-11-8-18-17(21-6-2-3-13(21)9-22)20-16(11)19-12-4-5-14-15(7-12)24-10-23-14/h4-5,7-8,13,22H,2-3,6,9-10H2,1H3,(H,18,19,20). The SMILES string of the molecule is Cc1cnc(N2CCCC2CO)nc1Nc1ccc2c(c1)OCO2. The van der Waals surface area contributed by atoms with Crippen LogP contribution in [0.1, 0.15) is 18.4 Å². The molecule has 1 saturated heterocycles. The van der Waals surface area contributed by atoms with Crippen LogP contribution in [0, 0.1) is 6.92 Å². The van der Waals surface area contributed by atoms with Crippen LogP contribution in [-0.4, -0.2) is 41.1 Å². The molecule has 3 heterocycles. The maximum absolute atomic E-state index is 9.51. The Morgan fingerprint density at radius 1 is 1.33 bits per heavy atom. The molecular weight excluding hydrogens is 308 g/mol. The Balaban J connectivity index is 1.60. The van der Waals surface area contributed by atoms with Gasteiger partial charge in [-0.2, -0.15) is 4.98 Å². The van der Waals surface area contributed by atoms with Gasteiger partial charge in [-0.25, -0.2) is 4.98 Å². The van der Waals surface area contributed by atoms with Gasteiger partial charge < -0.3 is 24.8 Å². The van der Waals surface area contributed by atoms with Gasteiger partial charge in [-0.05, 0) is 31.9 Å². The van der Waals surface area contributed by atoms with Crippen LogP contribution < -0.4 is 19.7 Å². The lowest BCUT2D eigenvalue weighted by Crippen LogP contribution is -2.33. The van der Waals surface area contributed by atoms with Crippen molar-refractivity contribution in [1.82, 2.24) is 9.97 Å². The van der Waals surface area contributed by atoms with Crippen molar-refractivity contribution in [2.24, 2.45) is 0 Å². The highest BCUT2D eigenvalue weighted by Crippen LogP contribution is 2.35. The first-order valence-corrected chi connectivity index (χ1v) is 8.12. The second-order valence-corrected chi connectivity index (χ2v) is 6.07. The van der Waals surface area contributed by atoms with Gasteiger partial charge in [0.05, 0.1) is 12.6 Å². The van der Waals surface area contributed by atoms with E-state index in [1.165, 1.54) is 0 Å². The molecule has 0 spiro atoms. The summed E-state index contributed by atoms with van der Waals surface area (Å²) in [7, 11) is 0. The minimum Gasteiger partial charge on any atom is -0.454 e. The van der Waals surface area contributed by atoms with Crippen LogP contribution in [0.3, 0.4) is 0 Å². The summed E-state index contributed by atoms with van der Waals surface area (Å²) in [5, 5.41) is 12.8. The first-order chi connectivity index (χ1) is 11.7. The first kappa shape index (κ1) is 15.0. The molecule has 1 aromatic heterocycles. The number of fused-ring (bicyclic) bond motifs is 1. The zero-order valence-electron chi connectivity index (χ0n) is 13.5. The van der Waals surface area contributed by atoms with Crippen molar-refractivity contribution in [3.05, 3.63) is 30.0 Å². The first-order valence-electron chi connectivity index (χ1n) is 8.12. The van der Waals surface area contributed by atoms with Crippen LogP contribution in [0.2, 0.25) is 0 Å². The molecule has 0 aliphatic carbocycles. The molecule has 0 saturated carbocycles. The summed E-state index contributed by atoms with van der Waals surface area (Å²) in [6, 6.07) is 5.81. The van der Waals surface area contributed by atoms with E-state index in [2.05, 4.69) is 20.2 Å². The van der Waals surface area contributed by atoms with E-state index in [-0.39, 0.29) is 19.4 Å². The summed E-state index contributed by atoms with van der Waals surface area (Å²) in [6.45, 7) is 3.22. The number of aliphatic hydroxyl groups is 1. The molecule has 4 rings (SSSR count). The van der Waals surface area contributed by atoms with Crippen LogP contribution in [0.25, 0.3) is 0 Å². The van der Waals surface area contributed by atoms with Gasteiger partial charge in [0, 0.05) is 30.1 Å². The summed E-state index contributed by atoms with van der Waals surface area (Å²) >= 11 is 0. The molecule has 0 amide bonds. The van der Waals surface area contributed by atoms with Gasteiger partial charge in [0.1, 0.15) is 5.82 Å². The van der Waals surface area contributed by atoms with Crippen molar-refractivity contribution in [2.75, 3.05) is 30.2 Å². The molecule has 1 aromatic carbocycles. The van der Waals surface area contributed by atoms with E-state index < -0.39 is 0 Å². The molecule has 0 bridgehead atoms. The monoisotopic (exact) mass is 328 g/mol. The third kappa shape index (κ3) is 2.71. The highest BCUT2D eigenvalue weighted by molar-refractivity contribution is 5.64. The van der Waals surface area contributed by atoms with Crippen molar-refractivity contribution >= 4 is 17.5 Å². The van der Waals surface area contributed by atoms with Crippen LogP contribution in [0.5, 0.6) is 11.5 Å². The van der Waals surface area contributed by atoms with Gasteiger partial charge in [0.15, 0.2) is 11.5 Å². The fourth-order valence-electron chi connectivity index (χ4n) is 3.10. The molecule has 2 aliphatic heterocycles. The summed E-state index contributed by atoms with van der Waals surface area (Å²) < 4.78 is 10.7. The van der Waals surface area contributed by atoms with Crippen molar-refractivity contribution in [2.45, 2.75) is 25.8 Å². The van der Waals surface area contributed by atoms with E-state index in [0.717, 1.165) is 48.0 Å². The Morgan fingerprint density at radius 2 is 2.21 bits per heavy atom. The second kappa shape index (κ2) is 6.16. The molecule has 1 fully saturated rings. The lowest BCUT2D eigenvalue weighted by atomic mass is 10.2. The van der Waals surface area contributed by atoms with Crippen molar-refractivity contribution in [3.8, 4) is 11.5 Å². The Hall–Kier alpha value is -2.54. The molecule has 0 radical (unpaired) electrons. The largest absolute Gasteiger partial charge is 0.454 e. The Kier molecular flexibility index (Phi) is 3.86. The Morgan fingerprint density at radius 3 is 3.08 bits per heavy atom. The number of nitrogens with one attached hydrogen (secondary N) is 1. The molecule has 2 aliphatic rings. The fourth-order valence-corrected chi connectivity index (χ4v) is 3.10. The van der Waals surface area contributed by atoms with E-state index in [9.17, 15) is 5.11 Å². The quantitative estimate of drug-likeness (QED) is 0.891. The number of benzene rings is 1. The summed E-state index contributed by atoms with van der Waals surface area (Å²) in [4.78, 5) is 11.2. The minimum atomic E-state index is 0.103. The van der Waals surface area contributed by atoms with E-state index in [0.29, 0.717) is 5.95 Å². The van der Waals surface area contributed by atoms with Gasteiger partial charge in [-0.15, -0.1) is 0 Å². The topological polar surface area (TPSA) is 79.7 Å². The Labute approximate surface area is 140 Å². The molecule has 2 N–H and O–H groups in total. The summed E-state index contributed by atoms with van der Waals surface area (Å²) in [5.74, 6) is 2.89. The van der Waals surface area contributed by atoms with Gasteiger partial charge in [-0.1, -0.05) is 0 Å². The molecular formula is C17H20N4O3. The smallest absolute Gasteiger partial charge is 0.231 e. The lowest BCUT2D eigenvalue weighted by Gasteiger charge is -2.23. The third-order valence-electron chi connectivity index (χ3n) is 4.44. The summed E-state index contributed by atoms with van der Waals surface area (Å²) in [6.07, 6.45) is 3.83. The minimum absolute atomic E-state index is 0.103. The van der Waals surface area contributed by atoms with E-state index in [1.807, 2.05) is 31.3 Å². The molecule has 1 atom stereocenters. The predicted octanol–water partition coefficient (Wildman–Crippen LogP) is 2.22. The maximum Gasteiger partial charge on any atom is 0.231 e. The van der Waals surface area contributed by atoms with E-state index in [4.69, 9.17) is 9.47 Å². The normalized spacial score (nSPS) is 18.9. The number of ether oxygens (including phenoxy) is 2. The number of hydrogen-bond acceptors (Lipinski definition) is 7. The molecule has 2 aromatic rings. The van der Waals surface area contributed by atoms with Crippen LogP contribution >= 0.6 is 0 Å². The average Bonchev–Trinajstić information content (AvgIpc) is 3.25. The average molecular weight is 328 g/mol. The molecule has 126 valence electrons. The number of aromatic nitrogens is 2. The number of hydrogen-bond donors (Lipinski definition) is 2. The van der Waals surface area contributed by atoms with E-state index >= 15 is 0 Å².